The maximum atomic E-state index is 12.4. The molecule has 0 saturated carbocycles. The van der Waals surface area contributed by atoms with Gasteiger partial charge >= 0.3 is 11.9 Å². The molecule has 0 spiro atoms. The van der Waals surface area contributed by atoms with Crippen LogP contribution in [0.4, 0.5) is 0 Å². The summed E-state index contributed by atoms with van der Waals surface area (Å²) in [5, 5.41) is 0. The molecule has 22 heavy (non-hydrogen) atoms. The second-order valence-electron chi connectivity index (χ2n) is 4.78. The highest BCUT2D eigenvalue weighted by Gasteiger charge is 2.40. The van der Waals surface area contributed by atoms with Gasteiger partial charge in [-0.3, -0.25) is 24.1 Å². The summed E-state index contributed by atoms with van der Waals surface area (Å²) in [6.07, 6.45) is 0. The van der Waals surface area contributed by atoms with Gasteiger partial charge in [0, 0.05) is 13.8 Å². The molecule has 0 saturated heterocycles. The van der Waals surface area contributed by atoms with Gasteiger partial charge < -0.3 is 9.47 Å². The summed E-state index contributed by atoms with van der Waals surface area (Å²) in [7, 11) is 0. The summed E-state index contributed by atoms with van der Waals surface area (Å²) in [5.41, 5.74) is 0.561. The van der Waals surface area contributed by atoms with Crippen LogP contribution in [0, 0.1) is 0 Å². The first kappa shape index (κ1) is 15.7. The van der Waals surface area contributed by atoms with Crippen molar-refractivity contribution in [2.45, 2.75) is 19.9 Å². The first-order valence-electron chi connectivity index (χ1n) is 6.65. The topological polar surface area (TPSA) is 90.0 Å². The van der Waals surface area contributed by atoms with Crippen LogP contribution in [0.3, 0.4) is 0 Å². The SMILES string of the molecule is CC(=O)OCC(COC(C)=O)N1C(=O)c2ccccc2C1=O. The second kappa shape index (κ2) is 6.38. The predicted octanol–water partition coefficient (Wildman–Crippen LogP) is 0.777. The summed E-state index contributed by atoms with van der Waals surface area (Å²) in [6.45, 7) is 1.97. The van der Waals surface area contributed by atoms with E-state index in [0.717, 1.165) is 4.90 Å². The molecule has 2 amide bonds. The smallest absolute Gasteiger partial charge is 0.302 e. The summed E-state index contributed by atoms with van der Waals surface area (Å²) in [6, 6.07) is 5.54. The molecule has 1 aromatic carbocycles. The molecule has 7 heteroatoms. The van der Waals surface area contributed by atoms with Crippen molar-refractivity contribution in [3.8, 4) is 0 Å². The lowest BCUT2D eigenvalue weighted by Crippen LogP contribution is -2.46. The molecule has 1 aromatic rings. The Morgan fingerprint density at radius 3 is 1.73 bits per heavy atom. The molecular weight excluding hydrogens is 290 g/mol. The second-order valence-corrected chi connectivity index (χ2v) is 4.78. The van der Waals surface area contributed by atoms with Crippen LogP contribution in [0.1, 0.15) is 34.6 Å². The lowest BCUT2D eigenvalue weighted by Gasteiger charge is -2.25. The number of ether oxygens (including phenoxy) is 2. The number of rotatable bonds is 5. The molecule has 116 valence electrons. The Morgan fingerprint density at radius 2 is 1.36 bits per heavy atom. The molecule has 0 atom stereocenters. The van der Waals surface area contributed by atoms with Crippen molar-refractivity contribution in [3.63, 3.8) is 0 Å². The quantitative estimate of drug-likeness (QED) is 0.590. The number of carbonyl (C=O) groups is 4. The average Bonchev–Trinajstić information content (AvgIpc) is 2.72. The normalized spacial score (nSPS) is 13.3. The number of esters is 2. The van der Waals surface area contributed by atoms with E-state index in [2.05, 4.69) is 0 Å². The molecule has 1 aliphatic heterocycles. The molecule has 0 bridgehead atoms. The van der Waals surface area contributed by atoms with Gasteiger partial charge in [0.25, 0.3) is 11.8 Å². The van der Waals surface area contributed by atoms with E-state index in [-0.39, 0.29) is 24.3 Å². The van der Waals surface area contributed by atoms with Crippen LogP contribution in [0.25, 0.3) is 0 Å². The van der Waals surface area contributed by atoms with E-state index >= 15 is 0 Å². The van der Waals surface area contributed by atoms with Crippen molar-refractivity contribution in [2.24, 2.45) is 0 Å². The van der Waals surface area contributed by atoms with Gasteiger partial charge in [-0.25, -0.2) is 0 Å². The number of benzene rings is 1. The molecule has 0 N–H and O–H groups in total. The molecule has 0 aliphatic carbocycles. The number of imide groups is 1. The van der Waals surface area contributed by atoms with Gasteiger partial charge in [0.15, 0.2) is 0 Å². The molecule has 1 aliphatic rings. The van der Waals surface area contributed by atoms with Crippen molar-refractivity contribution >= 4 is 23.8 Å². The fourth-order valence-corrected chi connectivity index (χ4v) is 2.16. The molecule has 2 rings (SSSR count). The Balaban J connectivity index is 2.23. The summed E-state index contributed by atoms with van der Waals surface area (Å²) in [5.74, 6) is -2.09. The minimum Gasteiger partial charge on any atom is -0.464 e. The summed E-state index contributed by atoms with van der Waals surface area (Å²) in [4.78, 5) is 47.6. The third-order valence-corrected chi connectivity index (χ3v) is 3.15. The van der Waals surface area contributed by atoms with Crippen LogP contribution >= 0.6 is 0 Å². The standard InChI is InChI=1S/C15H15NO6/c1-9(17)21-7-11(8-22-10(2)18)16-14(19)12-5-3-4-6-13(12)15(16)20/h3-6,11H,7-8H2,1-2H3. The van der Waals surface area contributed by atoms with Crippen molar-refractivity contribution in [2.75, 3.05) is 13.2 Å². The highest BCUT2D eigenvalue weighted by atomic mass is 16.5. The largest absolute Gasteiger partial charge is 0.464 e. The predicted molar refractivity (Wildman–Crippen MR) is 74.0 cm³/mol. The Labute approximate surface area is 126 Å². The van der Waals surface area contributed by atoms with Gasteiger partial charge in [0.1, 0.15) is 19.3 Å². The number of fused-ring (bicyclic) bond motifs is 1. The molecule has 0 aromatic heterocycles. The minimum atomic E-state index is -0.861. The first-order chi connectivity index (χ1) is 10.4. The molecule has 0 fully saturated rings. The number of carbonyl (C=O) groups excluding carboxylic acids is 4. The maximum Gasteiger partial charge on any atom is 0.302 e. The zero-order valence-electron chi connectivity index (χ0n) is 12.2. The van der Waals surface area contributed by atoms with Gasteiger partial charge in [0.05, 0.1) is 11.1 Å². The zero-order valence-corrected chi connectivity index (χ0v) is 12.2. The summed E-state index contributed by atoms with van der Waals surface area (Å²) >= 11 is 0. The Morgan fingerprint density at radius 1 is 0.955 bits per heavy atom. The van der Waals surface area contributed by atoms with Crippen LogP contribution in [0.5, 0.6) is 0 Å². The van der Waals surface area contributed by atoms with Crippen LogP contribution < -0.4 is 0 Å². The molecule has 0 radical (unpaired) electrons. The molecule has 0 unspecified atom stereocenters. The third kappa shape index (κ3) is 3.13. The van der Waals surface area contributed by atoms with Gasteiger partial charge in [-0.15, -0.1) is 0 Å². The fourth-order valence-electron chi connectivity index (χ4n) is 2.16. The molecular formula is C15H15NO6. The van der Waals surface area contributed by atoms with Gasteiger partial charge in [-0.2, -0.15) is 0 Å². The summed E-state index contributed by atoms with van der Waals surface area (Å²) < 4.78 is 9.74. The minimum absolute atomic E-state index is 0.228. The van der Waals surface area contributed by atoms with E-state index in [4.69, 9.17) is 9.47 Å². The van der Waals surface area contributed by atoms with E-state index < -0.39 is 29.8 Å². The number of amides is 2. The van der Waals surface area contributed by atoms with Gasteiger partial charge in [-0.1, -0.05) is 12.1 Å². The maximum absolute atomic E-state index is 12.4. The van der Waals surface area contributed by atoms with Crippen LogP contribution in [0.2, 0.25) is 0 Å². The van der Waals surface area contributed by atoms with Crippen LogP contribution in [-0.4, -0.2) is 47.9 Å². The van der Waals surface area contributed by atoms with E-state index in [1.165, 1.54) is 13.8 Å². The zero-order chi connectivity index (χ0) is 16.3. The Bertz CT molecular complexity index is 586. The van der Waals surface area contributed by atoms with Crippen molar-refractivity contribution in [1.29, 1.82) is 0 Å². The van der Waals surface area contributed by atoms with E-state index in [1.54, 1.807) is 24.3 Å². The van der Waals surface area contributed by atoms with Crippen LogP contribution in [0.15, 0.2) is 24.3 Å². The van der Waals surface area contributed by atoms with E-state index in [0.29, 0.717) is 0 Å². The Hall–Kier alpha value is -2.70. The number of nitrogens with zero attached hydrogens (tertiary/aromatic N) is 1. The molecule has 1 heterocycles. The van der Waals surface area contributed by atoms with Gasteiger partial charge in [0.2, 0.25) is 0 Å². The van der Waals surface area contributed by atoms with E-state index in [1.807, 2.05) is 0 Å². The number of hydrogen-bond donors (Lipinski definition) is 0. The van der Waals surface area contributed by atoms with Crippen molar-refractivity contribution in [1.82, 2.24) is 4.90 Å². The van der Waals surface area contributed by atoms with Crippen molar-refractivity contribution in [3.05, 3.63) is 35.4 Å². The monoisotopic (exact) mass is 305 g/mol. The highest BCUT2D eigenvalue weighted by molar-refractivity contribution is 6.21. The third-order valence-electron chi connectivity index (χ3n) is 3.15. The Kier molecular flexibility index (Phi) is 4.55. The fraction of sp³-hybridized carbons (Fsp3) is 0.333. The first-order valence-corrected chi connectivity index (χ1v) is 6.65. The highest BCUT2D eigenvalue weighted by Crippen LogP contribution is 2.24. The number of hydrogen-bond acceptors (Lipinski definition) is 6. The lowest BCUT2D eigenvalue weighted by molar-refractivity contribution is -0.146. The van der Waals surface area contributed by atoms with Crippen molar-refractivity contribution < 1.29 is 28.7 Å². The van der Waals surface area contributed by atoms with E-state index in [9.17, 15) is 19.2 Å². The van der Waals surface area contributed by atoms with Gasteiger partial charge in [-0.05, 0) is 12.1 Å². The van der Waals surface area contributed by atoms with Crippen LogP contribution in [-0.2, 0) is 19.1 Å². The average molecular weight is 305 g/mol. The lowest BCUT2D eigenvalue weighted by atomic mass is 10.1. The molecule has 7 nitrogen and oxygen atoms in total.